The number of nitrogen functional groups attached to an aromatic ring is 1. The van der Waals surface area contributed by atoms with Crippen LogP contribution in [0.25, 0.3) is 0 Å². The second-order valence-electron chi connectivity index (χ2n) is 2.40. The van der Waals surface area contributed by atoms with Gasteiger partial charge >= 0.3 is 74.7 Å². The van der Waals surface area contributed by atoms with Crippen molar-refractivity contribution in [3.05, 3.63) is 24.3 Å². The molecule has 0 saturated heterocycles. The van der Waals surface area contributed by atoms with Crippen LogP contribution in [-0.2, 0) is 8.53 Å². The molecule has 2 N–H and O–H groups in total. The van der Waals surface area contributed by atoms with Crippen molar-refractivity contribution in [2.75, 3.05) is 5.73 Å². The average molecular weight is 226 g/mol. The van der Waals surface area contributed by atoms with Crippen LogP contribution < -0.4 is 10.1 Å². The van der Waals surface area contributed by atoms with Crippen molar-refractivity contribution < 1.29 is 8.53 Å². The molecule has 0 aliphatic carbocycles. The molecule has 1 aromatic rings. The molecule has 1 rings (SSSR count). The van der Waals surface area contributed by atoms with E-state index in [0.717, 1.165) is 0 Å². The first-order valence-corrected chi connectivity index (χ1v) is 6.09. The summed E-state index contributed by atoms with van der Waals surface area (Å²) in [6, 6.07) is 6.59. The van der Waals surface area contributed by atoms with E-state index in [-0.39, 0.29) is 4.57 Å². The third kappa shape index (κ3) is 2.02. The van der Waals surface area contributed by atoms with Crippen molar-refractivity contribution in [1.82, 2.24) is 0 Å². The number of carbonyl (C=O) groups is 1. The first-order valence-electron chi connectivity index (χ1n) is 3.44. The van der Waals surface area contributed by atoms with E-state index in [1.807, 2.05) is 0 Å². The molecule has 0 spiro atoms. The van der Waals surface area contributed by atoms with Gasteiger partial charge in [0, 0.05) is 0 Å². The average Bonchev–Trinajstić information content (AvgIpc) is 2.04. The standard InChI is InChI=1S/C8H9AsNO2/c1-6(11)9(12)7-2-4-8(10)5-3-7/h2-5H,10H2,1H3. The Morgan fingerprint density at radius 2 is 1.83 bits per heavy atom. The fourth-order valence-electron chi connectivity index (χ4n) is 0.792. The molecule has 0 aromatic heterocycles. The third-order valence-corrected chi connectivity index (χ3v) is 4.22. The molecule has 3 nitrogen and oxygen atoms in total. The van der Waals surface area contributed by atoms with Crippen LogP contribution in [0, 0.1) is 0 Å². The van der Waals surface area contributed by atoms with Crippen molar-refractivity contribution in [3.63, 3.8) is 0 Å². The summed E-state index contributed by atoms with van der Waals surface area (Å²) in [7, 11) is 0. The van der Waals surface area contributed by atoms with Crippen molar-refractivity contribution >= 4 is 29.2 Å². The molecule has 0 bridgehead atoms. The molecule has 0 amide bonds. The van der Waals surface area contributed by atoms with Crippen molar-refractivity contribution in [2.24, 2.45) is 0 Å². The first-order chi connectivity index (χ1) is 5.61. The molecule has 4 heteroatoms. The Labute approximate surface area is 75.1 Å². The monoisotopic (exact) mass is 226 g/mol. The fourth-order valence-corrected chi connectivity index (χ4v) is 2.44. The van der Waals surface area contributed by atoms with E-state index in [2.05, 4.69) is 0 Å². The molecule has 63 valence electrons. The van der Waals surface area contributed by atoms with Gasteiger partial charge in [-0.05, 0) is 0 Å². The number of carbonyl (C=O) groups excluding carboxylic acids is 1. The number of anilines is 1. The molecule has 1 aromatic carbocycles. The van der Waals surface area contributed by atoms with Gasteiger partial charge in [0.25, 0.3) is 0 Å². The van der Waals surface area contributed by atoms with E-state index in [9.17, 15) is 8.53 Å². The predicted molar refractivity (Wildman–Crippen MR) is 47.6 cm³/mol. The maximum atomic E-state index is 11.3. The van der Waals surface area contributed by atoms with Gasteiger partial charge in [0.1, 0.15) is 0 Å². The van der Waals surface area contributed by atoms with Gasteiger partial charge < -0.3 is 0 Å². The number of rotatable bonds is 2. The number of hydrogen-bond donors (Lipinski definition) is 1. The number of nitrogens with two attached hydrogens (primary N) is 1. The van der Waals surface area contributed by atoms with Crippen molar-refractivity contribution in [2.45, 2.75) is 6.92 Å². The Bertz CT molecular complexity index is 318. The summed E-state index contributed by atoms with van der Waals surface area (Å²) in [5.74, 6) is 0. The van der Waals surface area contributed by atoms with Gasteiger partial charge in [0.2, 0.25) is 0 Å². The fraction of sp³-hybridized carbons (Fsp3) is 0.125. The van der Waals surface area contributed by atoms with Crippen LogP contribution >= 0.6 is 0 Å². The summed E-state index contributed by atoms with van der Waals surface area (Å²) < 4.78 is 11.7. The van der Waals surface area contributed by atoms with Crippen LogP contribution in [0.4, 0.5) is 5.69 Å². The summed E-state index contributed by atoms with van der Waals surface area (Å²) in [6.45, 7) is 1.35. The SMILES string of the molecule is CC(=O)[As](=O)c1ccc(N)cc1. The van der Waals surface area contributed by atoms with Gasteiger partial charge in [-0.2, -0.15) is 0 Å². The second kappa shape index (κ2) is 3.63. The van der Waals surface area contributed by atoms with Gasteiger partial charge in [0.05, 0.1) is 0 Å². The Balaban J connectivity index is 2.98. The minimum atomic E-state index is -2.67. The normalized spacial score (nSPS) is 10.9. The maximum absolute atomic E-state index is 11.3. The van der Waals surface area contributed by atoms with Crippen LogP contribution in [0.1, 0.15) is 6.92 Å². The molecule has 0 aliphatic rings. The summed E-state index contributed by atoms with van der Waals surface area (Å²) in [5, 5.41) is 0. The zero-order valence-electron chi connectivity index (χ0n) is 6.65. The van der Waals surface area contributed by atoms with Crippen molar-refractivity contribution in [3.8, 4) is 0 Å². The predicted octanol–water partition coefficient (Wildman–Crippen LogP) is 0.0260. The Hall–Kier alpha value is -0.952. The molecule has 1 unspecified atom stereocenters. The molecule has 1 atom stereocenters. The summed E-state index contributed by atoms with van der Waals surface area (Å²) >= 11 is -2.67. The summed E-state index contributed by atoms with van der Waals surface area (Å²) in [6.07, 6.45) is 0. The topological polar surface area (TPSA) is 60.2 Å². The van der Waals surface area contributed by atoms with Crippen LogP contribution in [0.2, 0.25) is 0 Å². The van der Waals surface area contributed by atoms with E-state index in [0.29, 0.717) is 10.0 Å². The van der Waals surface area contributed by atoms with Gasteiger partial charge in [-0.15, -0.1) is 0 Å². The number of benzene rings is 1. The quantitative estimate of drug-likeness (QED) is 0.571. The summed E-state index contributed by atoms with van der Waals surface area (Å²) in [4.78, 5) is 10.8. The van der Waals surface area contributed by atoms with Crippen LogP contribution in [0.5, 0.6) is 0 Å². The van der Waals surface area contributed by atoms with E-state index < -0.39 is 14.6 Å². The molecular weight excluding hydrogens is 217 g/mol. The number of hydrogen-bond acceptors (Lipinski definition) is 3. The zero-order valence-corrected chi connectivity index (χ0v) is 8.53. The van der Waals surface area contributed by atoms with Gasteiger partial charge in [0.15, 0.2) is 0 Å². The Morgan fingerprint density at radius 1 is 1.33 bits per heavy atom. The molecule has 12 heavy (non-hydrogen) atoms. The van der Waals surface area contributed by atoms with Crippen LogP contribution in [0.15, 0.2) is 24.3 Å². The van der Waals surface area contributed by atoms with E-state index >= 15 is 0 Å². The molecule has 0 heterocycles. The van der Waals surface area contributed by atoms with Crippen LogP contribution in [0.3, 0.4) is 0 Å². The van der Waals surface area contributed by atoms with Crippen molar-refractivity contribution in [1.29, 1.82) is 0 Å². The van der Waals surface area contributed by atoms with E-state index in [1.54, 1.807) is 24.3 Å². The Kier molecular flexibility index (Phi) is 2.77. The van der Waals surface area contributed by atoms with Crippen LogP contribution in [-0.4, -0.2) is 19.2 Å². The minimum absolute atomic E-state index is 0.229. The van der Waals surface area contributed by atoms with Gasteiger partial charge in [-0.1, -0.05) is 0 Å². The Morgan fingerprint density at radius 3 is 2.25 bits per heavy atom. The zero-order chi connectivity index (χ0) is 9.14. The second-order valence-corrected chi connectivity index (χ2v) is 6.04. The molecule has 0 saturated carbocycles. The van der Waals surface area contributed by atoms with Gasteiger partial charge in [-0.3, -0.25) is 0 Å². The third-order valence-electron chi connectivity index (χ3n) is 1.41. The first kappa shape index (κ1) is 9.14. The van der Waals surface area contributed by atoms with E-state index in [1.165, 1.54) is 6.92 Å². The van der Waals surface area contributed by atoms with Gasteiger partial charge in [-0.25, -0.2) is 0 Å². The molecule has 0 aliphatic heterocycles. The molecule has 0 fully saturated rings. The van der Waals surface area contributed by atoms with E-state index in [4.69, 9.17) is 5.73 Å². The molecule has 1 radical (unpaired) electrons. The summed E-state index contributed by atoms with van der Waals surface area (Å²) in [5.41, 5.74) is 6.05. The molecular formula is C8H9AsNO2.